The largest absolute Gasteiger partial charge is 0.456 e. The van der Waals surface area contributed by atoms with E-state index in [1.54, 1.807) is 6.20 Å². The second-order valence-electron chi connectivity index (χ2n) is 3.77. The Hall–Kier alpha value is -1.14. The van der Waals surface area contributed by atoms with Crippen LogP contribution in [0.4, 0.5) is 0 Å². The lowest BCUT2D eigenvalue weighted by atomic mass is 10.2. The zero-order valence-corrected chi connectivity index (χ0v) is 11.6. The van der Waals surface area contributed by atoms with Crippen molar-refractivity contribution in [3.8, 4) is 11.5 Å². The van der Waals surface area contributed by atoms with Gasteiger partial charge in [-0.3, -0.25) is 4.98 Å². The Morgan fingerprint density at radius 2 is 2.06 bits per heavy atom. The van der Waals surface area contributed by atoms with Crippen molar-refractivity contribution in [2.45, 2.75) is 13.0 Å². The van der Waals surface area contributed by atoms with Gasteiger partial charge in [0.25, 0.3) is 0 Å². The van der Waals surface area contributed by atoms with Crippen molar-refractivity contribution < 1.29 is 4.74 Å². The molecule has 0 amide bonds. The van der Waals surface area contributed by atoms with Crippen LogP contribution in [0.15, 0.2) is 42.6 Å². The summed E-state index contributed by atoms with van der Waals surface area (Å²) >= 11 is 2.25. The Bertz CT molecular complexity index is 497. The van der Waals surface area contributed by atoms with Gasteiger partial charge < -0.3 is 10.5 Å². The molecule has 0 bridgehead atoms. The molecule has 0 radical (unpaired) electrons. The van der Waals surface area contributed by atoms with Gasteiger partial charge in [0.1, 0.15) is 11.5 Å². The SMILES string of the molecule is C[C@H](N)c1ccc(Oc2cccc(I)c2)cn1. The highest BCUT2D eigenvalue weighted by atomic mass is 127. The van der Waals surface area contributed by atoms with Gasteiger partial charge >= 0.3 is 0 Å². The molecule has 0 saturated carbocycles. The zero-order valence-electron chi connectivity index (χ0n) is 9.43. The first kappa shape index (κ1) is 12.3. The molecule has 0 fully saturated rings. The number of ether oxygens (including phenoxy) is 1. The van der Waals surface area contributed by atoms with E-state index in [0.717, 1.165) is 20.8 Å². The minimum absolute atomic E-state index is 0.0540. The second-order valence-corrected chi connectivity index (χ2v) is 5.01. The predicted molar refractivity (Wildman–Crippen MR) is 76.1 cm³/mol. The number of hydrogen-bond acceptors (Lipinski definition) is 3. The number of nitrogens with zero attached hydrogens (tertiary/aromatic N) is 1. The summed E-state index contributed by atoms with van der Waals surface area (Å²) in [5.74, 6) is 1.53. The van der Waals surface area contributed by atoms with Gasteiger partial charge in [-0.2, -0.15) is 0 Å². The molecule has 2 rings (SSSR count). The molecule has 0 aliphatic heterocycles. The lowest BCUT2D eigenvalue weighted by Gasteiger charge is -2.08. The molecule has 1 aromatic heterocycles. The molecule has 0 saturated heterocycles. The maximum Gasteiger partial charge on any atom is 0.145 e. The smallest absolute Gasteiger partial charge is 0.145 e. The molecule has 1 aromatic carbocycles. The van der Waals surface area contributed by atoms with Crippen LogP contribution in [0.25, 0.3) is 0 Å². The molecule has 0 aliphatic rings. The maximum absolute atomic E-state index is 5.73. The van der Waals surface area contributed by atoms with Crippen molar-refractivity contribution in [3.05, 3.63) is 51.9 Å². The molecule has 0 spiro atoms. The molecule has 0 unspecified atom stereocenters. The summed E-state index contributed by atoms with van der Waals surface area (Å²) < 4.78 is 6.82. The predicted octanol–water partition coefficient (Wildman–Crippen LogP) is 3.50. The summed E-state index contributed by atoms with van der Waals surface area (Å²) in [5, 5.41) is 0. The molecule has 1 atom stereocenters. The van der Waals surface area contributed by atoms with Crippen LogP contribution in [0.2, 0.25) is 0 Å². The highest BCUT2D eigenvalue weighted by Crippen LogP contribution is 2.22. The van der Waals surface area contributed by atoms with Crippen LogP contribution in [-0.2, 0) is 0 Å². The summed E-state index contributed by atoms with van der Waals surface area (Å²) in [7, 11) is 0. The van der Waals surface area contributed by atoms with E-state index in [0.29, 0.717) is 0 Å². The van der Waals surface area contributed by atoms with Gasteiger partial charge in [-0.15, -0.1) is 0 Å². The van der Waals surface area contributed by atoms with E-state index >= 15 is 0 Å². The van der Waals surface area contributed by atoms with Crippen LogP contribution in [0, 0.1) is 3.57 Å². The highest BCUT2D eigenvalue weighted by molar-refractivity contribution is 14.1. The number of aromatic nitrogens is 1. The van der Waals surface area contributed by atoms with Gasteiger partial charge in [-0.1, -0.05) is 6.07 Å². The summed E-state index contributed by atoms with van der Waals surface area (Å²) in [6.07, 6.45) is 1.69. The fourth-order valence-electron chi connectivity index (χ4n) is 1.39. The molecule has 88 valence electrons. The molecule has 4 heteroatoms. The first-order valence-electron chi connectivity index (χ1n) is 5.30. The van der Waals surface area contributed by atoms with Crippen LogP contribution in [0.3, 0.4) is 0 Å². The lowest BCUT2D eigenvalue weighted by molar-refractivity contribution is 0.479. The topological polar surface area (TPSA) is 48.1 Å². The van der Waals surface area contributed by atoms with Gasteiger partial charge in [0.2, 0.25) is 0 Å². The Morgan fingerprint density at radius 3 is 2.65 bits per heavy atom. The second kappa shape index (κ2) is 5.46. The normalized spacial score (nSPS) is 12.2. The molecule has 3 nitrogen and oxygen atoms in total. The summed E-state index contributed by atoms with van der Waals surface area (Å²) in [4.78, 5) is 4.24. The van der Waals surface area contributed by atoms with E-state index in [-0.39, 0.29) is 6.04 Å². The number of rotatable bonds is 3. The Morgan fingerprint density at radius 1 is 1.24 bits per heavy atom. The van der Waals surface area contributed by atoms with Crippen LogP contribution >= 0.6 is 22.6 Å². The number of pyridine rings is 1. The van der Waals surface area contributed by atoms with Crippen molar-refractivity contribution >= 4 is 22.6 Å². The molecule has 2 aromatic rings. The number of halogens is 1. The van der Waals surface area contributed by atoms with E-state index in [2.05, 4.69) is 27.6 Å². The molecule has 0 aliphatic carbocycles. The first-order valence-corrected chi connectivity index (χ1v) is 6.38. The maximum atomic E-state index is 5.73. The third-order valence-electron chi connectivity index (χ3n) is 2.26. The van der Waals surface area contributed by atoms with Crippen molar-refractivity contribution in [1.82, 2.24) is 4.98 Å². The summed E-state index contributed by atoms with van der Waals surface area (Å²) in [5.41, 5.74) is 6.59. The van der Waals surface area contributed by atoms with Crippen molar-refractivity contribution in [1.29, 1.82) is 0 Å². The van der Waals surface area contributed by atoms with E-state index in [1.807, 2.05) is 43.3 Å². The molecule has 2 N–H and O–H groups in total. The average molecular weight is 340 g/mol. The van der Waals surface area contributed by atoms with Crippen LogP contribution in [0.1, 0.15) is 18.7 Å². The fourth-order valence-corrected chi connectivity index (χ4v) is 1.90. The van der Waals surface area contributed by atoms with E-state index in [4.69, 9.17) is 10.5 Å². The summed E-state index contributed by atoms with van der Waals surface area (Å²) in [6, 6.07) is 11.6. The first-order chi connectivity index (χ1) is 8.15. The van der Waals surface area contributed by atoms with Crippen molar-refractivity contribution in [2.24, 2.45) is 5.73 Å². The van der Waals surface area contributed by atoms with Crippen LogP contribution in [0.5, 0.6) is 11.5 Å². The van der Waals surface area contributed by atoms with Gasteiger partial charge in [0.05, 0.1) is 11.9 Å². The average Bonchev–Trinajstić information content (AvgIpc) is 2.29. The third-order valence-corrected chi connectivity index (χ3v) is 2.93. The lowest BCUT2D eigenvalue weighted by Crippen LogP contribution is -2.06. The summed E-state index contributed by atoms with van der Waals surface area (Å²) in [6.45, 7) is 1.91. The van der Waals surface area contributed by atoms with E-state index in [1.165, 1.54) is 0 Å². The highest BCUT2D eigenvalue weighted by Gasteiger charge is 2.02. The van der Waals surface area contributed by atoms with Gasteiger partial charge in [-0.05, 0) is 59.8 Å². The van der Waals surface area contributed by atoms with Gasteiger partial charge in [0.15, 0.2) is 0 Å². The van der Waals surface area contributed by atoms with Crippen LogP contribution in [-0.4, -0.2) is 4.98 Å². The number of benzene rings is 1. The van der Waals surface area contributed by atoms with Gasteiger partial charge in [-0.25, -0.2) is 0 Å². The fraction of sp³-hybridized carbons (Fsp3) is 0.154. The minimum atomic E-state index is -0.0540. The van der Waals surface area contributed by atoms with Crippen LogP contribution < -0.4 is 10.5 Å². The van der Waals surface area contributed by atoms with E-state index in [9.17, 15) is 0 Å². The van der Waals surface area contributed by atoms with Crippen molar-refractivity contribution in [3.63, 3.8) is 0 Å². The molecule has 17 heavy (non-hydrogen) atoms. The minimum Gasteiger partial charge on any atom is -0.456 e. The zero-order chi connectivity index (χ0) is 12.3. The van der Waals surface area contributed by atoms with Crippen molar-refractivity contribution in [2.75, 3.05) is 0 Å². The van der Waals surface area contributed by atoms with E-state index < -0.39 is 0 Å². The monoisotopic (exact) mass is 340 g/mol. The Kier molecular flexibility index (Phi) is 3.96. The molecule has 1 heterocycles. The molecular formula is C13H13IN2O. The Balaban J connectivity index is 2.14. The number of nitrogens with two attached hydrogens (primary N) is 1. The number of hydrogen-bond donors (Lipinski definition) is 1. The Labute approximate surface area is 114 Å². The standard InChI is InChI=1S/C13H13IN2O/c1-9(15)13-6-5-12(8-16-13)17-11-4-2-3-10(14)7-11/h2-9H,15H2,1H3/t9-/m0/s1. The van der Waals surface area contributed by atoms with Gasteiger partial charge in [0, 0.05) is 9.61 Å². The quantitative estimate of drug-likeness (QED) is 0.870. The third kappa shape index (κ3) is 3.41. The molecular weight excluding hydrogens is 327 g/mol.